The van der Waals surface area contributed by atoms with Gasteiger partial charge in [0.1, 0.15) is 11.0 Å². The van der Waals surface area contributed by atoms with Gasteiger partial charge in [-0.1, -0.05) is 24.3 Å². The Morgan fingerprint density at radius 1 is 1.21 bits per heavy atom. The highest BCUT2D eigenvalue weighted by Crippen LogP contribution is 2.33. The van der Waals surface area contributed by atoms with Crippen molar-refractivity contribution in [1.82, 2.24) is 4.98 Å². The number of guanidine groups is 1. The number of fused-ring (bicyclic) bond motifs is 3. The van der Waals surface area contributed by atoms with Crippen molar-refractivity contribution < 1.29 is 14.6 Å². The monoisotopic (exact) mass is 324 g/mol. The smallest absolute Gasteiger partial charge is 0.365 e. The first-order valence-electron chi connectivity index (χ1n) is 7.13. The Labute approximate surface area is 135 Å². The highest BCUT2D eigenvalue weighted by atomic mass is 16.6. The predicted molar refractivity (Wildman–Crippen MR) is 84.4 cm³/mol. The van der Waals surface area contributed by atoms with Crippen molar-refractivity contribution >= 4 is 28.6 Å². The van der Waals surface area contributed by atoms with E-state index < -0.39 is 22.5 Å². The Kier molecular flexibility index (Phi) is 2.89. The maximum Gasteiger partial charge on any atom is 0.365 e. The molecule has 0 bridgehead atoms. The van der Waals surface area contributed by atoms with Crippen LogP contribution in [0.2, 0.25) is 0 Å². The standard InChI is InChI=1S/C15H12N6O3/c16-14-18-13(8-4-3-7-11(12(8)22)21(23)24)20-10-6-2-1-5-9(10)17-15(20)19-14/h1-7,13H,(H4,16,17,18,19,22)/t13-/m1/s1. The number of benzene rings is 2. The van der Waals surface area contributed by atoms with Gasteiger partial charge in [-0.05, 0) is 17.9 Å². The third kappa shape index (κ3) is 1.95. The van der Waals surface area contributed by atoms with E-state index in [9.17, 15) is 15.2 Å². The van der Waals surface area contributed by atoms with Crippen molar-refractivity contribution in [3.63, 3.8) is 0 Å². The summed E-state index contributed by atoms with van der Waals surface area (Å²) in [6.07, 6.45) is -0.787. The fourth-order valence-electron chi connectivity index (χ4n) is 2.88. The van der Waals surface area contributed by atoms with Gasteiger partial charge in [0.15, 0.2) is 0 Å². The zero-order valence-corrected chi connectivity index (χ0v) is 12.3. The van der Waals surface area contributed by atoms with Crippen LogP contribution in [0.15, 0.2) is 47.5 Å². The Morgan fingerprint density at radius 3 is 2.79 bits per heavy atom. The Hall–Kier alpha value is -3.62. The second-order valence-corrected chi connectivity index (χ2v) is 5.33. The van der Waals surface area contributed by atoms with Crippen molar-refractivity contribution in [2.24, 2.45) is 10.7 Å². The molecule has 0 saturated heterocycles. The number of nitrogens with one attached hydrogen (secondary N) is 2. The van der Waals surface area contributed by atoms with Gasteiger partial charge in [-0.2, -0.15) is 4.99 Å². The molecule has 0 radical (unpaired) electrons. The molecule has 1 aliphatic rings. The number of nitrogens with two attached hydrogens (primary N) is 1. The van der Waals surface area contributed by atoms with Crippen molar-refractivity contribution in [2.45, 2.75) is 6.17 Å². The maximum atomic E-state index is 12.5. The number of nitrogens with zero attached hydrogens (tertiary/aromatic N) is 3. The van der Waals surface area contributed by atoms with Gasteiger partial charge in [-0.3, -0.25) is 10.1 Å². The number of aromatic amines is 1. The first-order chi connectivity index (χ1) is 11.6. The van der Waals surface area contributed by atoms with Gasteiger partial charge in [0, 0.05) is 11.6 Å². The van der Waals surface area contributed by atoms with Crippen LogP contribution in [0.4, 0.5) is 11.6 Å². The summed E-state index contributed by atoms with van der Waals surface area (Å²) >= 11 is 0. The highest BCUT2D eigenvalue weighted by Gasteiger charge is 2.32. The van der Waals surface area contributed by atoms with Gasteiger partial charge in [0.2, 0.25) is 6.17 Å². The minimum Gasteiger partial charge on any atom is -0.868 e. The molecule has 2 heterocycles. The van der Waals surface area contributed by atoms with Crippen LogP contribution in [0.5, 0.6) is 5.75 Å². The van der Waals surface area contributed by atoms with Crippen LogP contribution < -0.4 is 20.7 Å². The molecule has 9 nitrogen and oxygen atoms in total. The van der Waals surface area contributed by atoms with Crippen LogP contribution in [0.1, 0.15) is 11.7 Å². The number of aliphatic imine (C=N–C) groups is 1. The van der Waals surface area contributed by atoms with Crippen LogP contribution in [0, 0.1) is 10.1 Å². The molecule has 4 rings (SSSR count). The molecule has 24 heavy (non-hydrogen) atoms. The lowest BCUT2D eigenvalue weighted by molar-refractivity contribution is -0.674. The number of hydrogen-bond acceptors (Lipinski definition) is 6. The molecule has 0 spiro atoms. The van der Waals surface area contributed by atoms with Gasteiger partial charge in [0.25, 0.3) is 11.6 Å². The predicted octanol–water partition coefficient (Wildman–Crippen LogP) is 0.724. The van der Waals surface area contributed by atoms with E-state index in [4.69, 9.17) is 5.73 Å². The topological polar surface area (TPSA) is 136 Å². The number of nitro benzene ring substituents is 1. The summed E-state index contributed by atoms with van der Waals surface area (Å²) in [5, 5.41) is 26.4. The summed E-state index contributed by atoms with van der Waals surface area (Å²) in [6, 6.07) is 11.6. The Balaban J connectivity index is 1.98. The molecule has 9 heteroatoms. The minimum atomic E-state index is -0.787. The van der Waals surface area contributed by atoms with E-state index in [1.54, 1.807) is 4.57 Å². The summed E-state index contributed by atoms with van der Waals surface area (Å²) in [4.78, 5) is 17.8. The molecule has 0 unspecified atom stereocenters. The summed E-state index contributed by atoms with van der Waals surface area (Å²) in [6.45, 7) is 0. The van der Waals surface area contributed by atoms with E-state index in [-0.39, 0.29) is 11.5 Å². The van der Waals surface area contributed by atoms with Crippen molar-refractivity contribution in [3.05, 3.63) is 58.1 Å². The van der Waals surface area contributed by atoms with Crippen LogP contribution in [0.3, 0.4) is 0 Å². The zero-order valence-electron chi connectivity index (χ0n) is 12.3. The van der Waals surface area contributed by atoms with Crippen molar-refractivity contribution in [3.8, 4) is 5.75 Å². The Bertz CT molecular complexity index is 1010. The number of rotatable bonds is 2. The molecule has 2 aromatic carbocycles. The molecule has 0 amide bonds. The molecule has 0 fully saturated rings. The van der Waals surface area contributed by atoms with E-state index in [0.717, 1.165) is 11.0 Å². The summed E-state index contributed by atoms with van der Waals surface area (Å²) in [5.41, 5.74) is 7.14. The third-order valence-electron chi connectivity index (χ3n) is 3.91. The van der Waals surface area contributed by atoms with Crippen LogP contribution in [0.25, 0.3) is 11.0 Å². The normalized spacial score (nSPS) is 16.3. The van der Waals surface area contributed by atoms with Gasteiger partial charge >= 0.3 is 5.95 Å². The number of para-hydroxylation sites is 3. The molecule has 120 valence electrons. The maximum absolute atomic E-state index is 12.5. The number of anilines is 1. The van der Waals surface area contributed by atoms with Gasteiger partial charge < -0.3 is 10.8 Å². The Morgan fingerprint density at radius 2 is 2.00 bits per heavy atom. The first-order valence-corrected chi connectivity index (χ1v) is 7.13. The van der Waals surface area contributed by atoms with E-state index in [0.29, 0.717) is 5.95 Å². The molecule has 0 saturated carbocycles. The lowest BCUT2D eigenvalue weighted by atomic mass is 10.1. The minimum absolute atomic E-state index is 0.123. The molecular formula is C15H12N6O3. The van der Waals surface area contributed by atoms with E-state index in [1.165, 1.54) is 18.2 Å². The number of aromatic nitrogens is 2. The number of imidazole rings is 1. The molecule has 0 aliphatic carbocycles. The lowest BCUT2D eigenvalue weighted by Gasteiger charge is -2.22. The second kappa shape index (κ2) is 4.95. The quantitative estimate of drug-likeness (QED) is 0.362. The number of H-pyrrole nitrogens is 1. The number of hydrogen-bond donors (Lipinski definition) is 3. The molecule has 1 aliphatic heterocycles. The van der Waals surface area contributed by atoms with E-state index in [1.807, 2.05) is 24.3 Å². The molecule has 1 atom stereocenters. The summed E-state index contributed by atoms with van der Waals surface area (Å²) in [7, 11) is 0. The largest absolute Gasteiger partial charge is 0.868 e. The van der Waals surface area contributed by atoms with Gasteiger partial charge in [-0.15, -0.1) is 0 Å². The van der Waals surface area contributed by atoms with E-state index >= 15 is 0 Å². The highest BCUT2D eigenvalue weighted by molar-refractivity contribution is 5.92. The number of nitro groups is 1. The first kappa shape index (κ1) is 14.0. The molecule has 4 N–H and O–H groups in total. The van der Waals surface area contributed by atoms with Crippen molar-refractivity contribution in [1.29, 1.82) is 0 Å². The second-order valence-electron chi connectivity index (χ2n) is 5.33. The molecule has 3 aromatic rings. The summed E-state index contributed by atoms with van der Waals surface area (Å²) in [5.74, 6) is 0.00625. The van der Waals surface area contributed by atoms with Crippen molar-refractivity contribution in [2.75, 3.05) is 5.32 Å². The van der Waals surface area contributed by atoms with Crippen LogP contribution >= 0.6 is 0 Å². The average molecular weight is 324 g/mol. The van der Waals surface area contributed by atoms with E-state index in [2.05, 4.69) is 15.3 Å². The zero-order chi connectivity index (χ0) is 16.8. The fraction of sp³-hybridized carbons (Fsp3) is 0.0667. The van der Waals surface area contributed by atoms with Crippen LogP contribution in [-0.2, 0) is 0 Å². The third-order valence-corrected chi connectivity index (χ3v) is 3.91. The SMILES string of the molecule is NC1=N[C@@H](c2cccc([N+](=O)[O-])c2[O-])[n+]2c([nH]c3ccccc32)N1. The molecule has 1 aromatic heterocycles. The average Bonchev–Trinajstić information content (AvgIpc) is 2.92. The van der Waals surface area contributed by atoms with Crippen LogP contribution in [-0.4, -0.2) is 15.9 Å². The van der Waals surface area contributed by atoms with Gasteiger partial charge in [-0.25, -0.2) is 14.9 Å². The lowest BCUT2D eigenvalue weighted by Crippen LogP contribution is -2.48. The van der Waals surface area contributed by atoms with Gasteiger partial charge in [0.05, 0.1) is 4.92 Å². The fourth-order valence-corrected chi connectivity index (χ4v) is 2.88. The molecular weight excluding hydrogens is 312 g/mol. The summed E-state index contributed by atoms with van der Waals surface area (Å²) < 4.78 is 1.76.